The van der Waals surface area contributed by atoms with E-state index in [-0.39, 0.29) is 5.41 Å². The number of benzene rings is 1. The van der Waals surface area contributed by atoms with Crippen LogP contribution in [0.2, 0.25) is 0 Å². The Morgan fingerprint density at radius 3 is 2.47 bits per heavy atom. The summed E-state index contributed by atoms with van der Waals surface area (Å²) in [5.41, 5.74) is 2.03. The second-order valence-electron chi connectivity index (χ2n) is 5.37. The van der Waals surface area contributed by atoms with Crippen LogP contribution in [-0.2, 0) is 5.41 Å². The molecule has 0 unspecified atom stereocenters. The highest BCUT2D eigenvalue weighted by atomic mass is 16.5. The Bertz CT molecular complexity index is 350. The van der Waals surface area contributed by atoms with Crippen molar-refractivity contribution in [3.05, 3.63) is 35.9 Å². The van der Waals surface area contributed by atoms with E-state index in [4.69, 9.17) is 9.84 Å². The van der Waals surface area contributed by atoms with E-state index in [9.17, 15) is 0 Å². The van der Waals surface area contributed by atoms with Gasteiger partial charge in [-0.1, -0.05) is 40.2 Å². The lowest BCUT2D eigenvalue weighted by molar-refractivity contribution is 0.307. The van der Waals surface area contributed by atoms with Crippen molar-refractivity contribution in [1.82, 2.24) is 0 Å². The minimum absolute atomic E-state index is 0.0574. The molecule has 95 valence electrons. The van der Waals surface area contributed by atoms with Crippen LogP contribution in [0.25, 0.3) is 0 Å². The zero-order chi connectivity index (χ0) is 12.9. The van der Waals surface area contributed by atoms with Gasteiger partial charge in [-0.15, -0.1) is 0 Å². The maximum Gasteiger partial charge on any atom is 0.119 e. The minimum Gasteiger partial charge on any atom is -0.494 e. The fourth-order valence-electron chi connectivity index (χ4n) is 1.55. The lowest BCUT2D eigenvalue weighted by Gasteiger charge is -2.21. The molecule has 0 aliphatic carbocycles. The van der Waals surface area contributed by atoms with Crippen LogP contribution >= 0.6 is 0 Å². The van der Waals surface area contributed by atoms with E-state index >= 15 is 0 Å². The number of hydrogen-bond acceptors (Lipinski definition) is 2. The van der Waals surface area contributed by atoms with Crippen LogP contribution in [-0.4, -0.2) is 11.7 Å². The van der Waals surface area contributed by atoms with Gasteiger partial charge in [0, 0.05) is 0 Å². The van der Waals surface area contributed by atoms with Crippen LogP contribution in [0.5, 0.6) is 5.75 Å². The lowest BCUT2D eigenvalue weighted by atomic mass is 9.86. The van der Waals surface area contributed by atoms with Crippen molar-refractivity contribution in [3.8, 4) is 5.75 Å². The van der Waals surface area contributed by atoms with E-state index in [0.717, 1.165) is 37.4 Å². The summed E-state index contributed by atoms with van der Waals surface area (Å²) in [6.07, 6.45) is 2.18. The van der Waals surface area contributed by atoms with Gasteiger partial charge in [0.1, 0.15) is 12.4 Å². The second kappa shape index (κ2) is 6.06. The standard InChI is InChI=1S/C15H23O2/c1-5-6-7-17-14-9-12(11-16)8-13(10-14)15(2,3)4/h8-11,16H,5-7H2,1-4H3. The van der Waals surface area contributed by atoms with Gasteiger partial charge in [0.2, 0.25) is 0 Å². The van der Waals surface area contributed by atoms with Crippen molar-refractivity contribution >= 4 is 0 Å². The molecule has 0 heterocycles. The molecule has 0 aromatic heterocycles. The van der Waals surface area contributed by atoms with Gasteiger partial charge in [0.25, 0.3) is 0 Å². The van der Waals surface area contributed by atoms with E-state index in [2.05, 4.69) is 33.8 Å². The monoisotopic (exact) mass is 235 g/mol. The third kappa shape index (κ3) is 4.39. The predicted octanol–water partition coefficient (Wildman–Crippen LogP) is 4.05. The van der Waals surface area contributed by atoms with E-state index in [1.807, 2.05) is 12.1 Å². The third-order valence-corrected chi connectivity index (χ3v) is 2.71. The molecule has 2 heteroatoms. The number of hydrogen-bond donors (Lipinski definition) is 1. The van der Waals surface area contributed by atoms with Crippen LogP contribution in [0.1, 0.15) is 51.7 Å². The van der Waals surface area contributed by atoms with E-state index in [0.29, 0.717) is 0 Å². The molecule has 17 heavy (non-hydrogen) atoms. The van der Waals surface area contributed by atoms with E-state index in [1.165, 1.54) is 5.56 Å². The molecule has 0 fully saturated rings. The van der Waals surface area contributed by atoms with Crippen molar-refractivity contribution in [3.63, 3.8) is 0 Å². The number of aliphatic hydroxyl groups excluding tert-OH is 1. The molecule has 1 aromatic carbocycles. The first-order valence-electron chi connectivity index (χ1n) is 6.23. The van der Waals surface area contributed by atoms with Gasteiger partial charge in [-0.05, 0) is 35.1 Å². The summed E-state index contributed by atoms with van der Waals surface area (Å²) in [4.78, 5) is 0. The number of rotatable bonds is 5. The Morgan fingerprint density at radius 1 is 1.24 bits per heavy atom. The molecule has 0 aliphatic rings. The van der Waals surface area contributed by atoms with Gasteiger partial charge in [-0.25, -0.2) is 0 Å². The molecule has 1 rings (SSSR count). The summed E-state index contributed by atoms with van der Waals surface area (Å²) in [5.74, 6) is 0.839. The van der Waals surface area contributed by atoms with Crippen molar-refractivity contribution in [1.29, 1.82) is 0 Å². The average molecular weight is 235 g/mol. The van der Waals surface area contributed by atoms with Gasteiger partial charge in [0.15, 0.2) is 0 Å². The third-order valence-electron chi connectivity index (χ3n) is 2.71. The smallest absolute Gasteiger partial charge is 0.119 e. The molecule has 2 nitrogen and oxygen atoms in total. The first-order chi connectivity index (χ1) is 7.97. The largest absolute Gasteiger partial charge is 0.494 e. The Labute approximate surface area is 105 Å². The molecular weight excluding hydrogens is 212 g/mol. The summed E-state index contributed by atoms with van der Waals surface area (Å²) in [6.45, 7) is 10.5. The Balaban J connectivity index is 2.89. The first kappa shape index (κ1) is 14.0. The minimum atomic E-state index is 0.0574. The van der Waals surface area contributed by atoms with Crippen LogP contribution in [0.4, 0.5) is 0 Å². The number of ether oxygens (including phenoxy) is 1. The van der Waals surface area contributed by atoms with Crippen LogP contribution in [0.3, 0.4) is 0 Å². The molecular formula is C15H23O2. The van der Waals surface area contributed by atoms with Gasteiger partial charge in [0.05, 0.1) is 6.61 Å². The van der Waals surface area contributed by atoms with Crippen molar-refractivity contribution in [2.75, 3.05) is 6.61 Å². The molecule has 1 aromatic rings. The fourth-order valence-corrected chi connectivity index (χ4v) is 1.55. The highest BCUT2D eigenvalue weighted by molar-refractivity contribution is 5.39. The van der Waals surface area contributed by atoms with Gasteiger partial charge < -0.3 is 9.84 Å². The SMILES string of the molecule is CCCCOc1cc([CH]O)cc(C(C)(C)C)c1. The average Bonchev–Trinajstić information content (AvgIpc) is 2.28. The maximum atomic E-state index is 9.14. The van der Waals surface area contributed by atoms with Gasteiger partial charge in [-0.3, -0.25) is 0 Å². The topological polar surface area (TPSA) is 29.5 Å². The number of unbranched alkanes of at least 4 members (excludes halogenated alkanes) is 1. The molecule has 0 aliphatic heterocycles. The zero-order valence-corrected chi connectivity index (χ0v) is 11.3. The Hall–Kier alpha value is -1.02. The summed E-state index contributed by atoms with van der Waals surface area (Å²) < 4.78 is 5.69. The van der Waals surface area contributed by atoms with Crippen LogP contribution in [0.15, 0.2) is 18.2 Å². The second-order valence-corrected chi connectivity index (χ2v) is 5.37. The molecule has 0 saturated heterocycles. The molecule has 0 atom stereocenters. The van der Waals surface area contributed by atoms with Crippen molar-refractivity contribution in [2.24, 2.45) is 0 Å². The van der Waals surface area contributed by atoms with Gasteiger partial charge >= 0.3 is 0 Å². The zero-order valence-electron chi connectivity index (χ0n) is 11.3. The molecule has 1 radical (unpaired) electrons. The molecule has 0 saturated carbocycles. The van der Waals surface area contributed by atoms with Crippen LogP contribution in [0, 0.1) is 6.61 Å². The van der Waals surface area contributed by atoms with Crippen molar-refractivity contribution in [2.45, 2.75) is 46.0 Å². The van der Waals surface area contributed by atoms with E-state index in [1.54, 1.807) is 0 Å². The normalized spacial score (nSPS) is 11.6. The highest BCUT2D eigenvalue weighted by Gasteiger charge is 2.15. The summed E-state index contributed by atoms with van der Waals surface area (Å²) in [5, 5.41) is 9.14. The molecule has 0 amide bonds. The molecule has 1 N–H and O–H groups in total. The number of aliphatic hydroxyl groups is 1. The summed E-state index contributed by atoms with van der Waals surface area (Å²) in [6, 6.07) is 5.92. The summed E-state index contributed by atoms with van der Waals surface area (Å²) in [7, 11) is 0. The first-order valence-corrected chi connectivity index (χ1v) is 6.23. The van der Waals surface area contributed by atoms with Gasteiger partial charge in [-0.2, -0.15) is 0 Å². The maximum absolute atomic E-state index is 9.14. The lowest BCUT2D eigenvalue weighted by Crippen LogP contribution is -2.12. The summed E-state index contributed by atoms with van der Waals surface area (Å²) >= 11 is 0. The van der Waals surface area contributed by atoms with E-state index < -0.39 is 0 Å². The Kier molecular flexibility index (Phi) is 5.01. The quantitative estimate of drug-likeness (QED) is 0.780. The fraction of sp³-hybridized carbons (Fsp3) is 0.533. The van der Waals surface area contributed by atoms with Crippen molar-refractivity contribution < 1.29 is 9.84 Å². The Morgan fingerprint density at radius 2 is 1.94 bits per heavy atom. The predicted molar refractivity (Wildman–Crippen MR) is 70.9 cm³/mol. The highest BCUT2D eigenvalue weighted by Crippen LogP contribution is 2.28. The molecule has 0 bridgehead atoms. The van der Waals surface area contributed by atoms with Crippen LogP contribution < -0.4 is 4.74 Å². The molecule has 0 spiro atoms.